The summed E-state index contributed by atoms with van der Waals surface area (Å²) in [5.74, 6) is 0. The maximum absolute atomic E-state index is 5.94. The molecule has 0 aliphatic carbocycles. The van der Waals surface area contributed by atoms with Crippen molar-refractivity contribution in [3.05, 3.63) is 59.2 Å². The molecule has 0 aliphatic rings. The Labute approximate surface area is 119 Å². The molecule has 0 unspecified atom stereocenters. The van der Waals surface area contributed by atoms with Gasteiger partial charge in [0.2, 0.25) is 0 Å². The lowest BCUT2D eigenvalue weighted by atomic mass is 10.1. The molecule has 3 aromatic rings. The number of rotatable bonds is 2. The number of hydrogen-bond donors (Lipinski definition) is 2. The molecule has 0 radical (unpaired) electrons. The number of nitrogens with zero attached hydrogens (tertiary/aromatic N) is 1. The van der Waals surface area contributed by atoms with E-state index in [0.29, 0.717) is 5.69 Å². The highest BCUT2D eigenvalue weighted by Crippen LogP contribution is 2.29. The Bertz CT molecular complexity index is 723. The van der Waals surface area contributed by atoms with E-state index in [4.69, 9.17) is 5.73 Å². The average Bonchev–Trinajstić information content (AvgIpc) is 2.45. The first-order chi connectivity index (χ1) is 9.24. The number of fused-ring (bicyclic) bond motifs is 1. The van der Waals surface area contributed by atoms with Crippen LogP contribution in [0.2, 0.25) is 0 Å². The lowest BCUT2D eigenvalue weighted by Gasteiger charge is -2.10. The molecule has 0 fully saturated rings. The predicted octanol–water partition coefficient (Wildman–Crippen LogP) is 4.32. The first-order valence-electron chi connectivity index (χ1n) is 5.90. The van der Waals surface area contributed by atoms with Crippen molar-refractivity contribution >= 4 is 43.9 Å². The van der Waals surface area contributed by atoms with E-state index in [1.165, 1.54) is 0 Å². The summed E-state index contributed by atoms with van der Waals surface area (Å²) in [6.07, 6.45) is 1.75. The van der Waals surface area contributed by atoms with Gasteiger partial charge < -0.3 is 11.1 Å². The molecule has 4 heteroatoms. The van der Waals surface area contributed by atoms with E-state index in [1.54, 1.807) is 6.20 Å². The topological polar surface area (TPSA) is 50.9 Å². The van der Waals surface area contributed by atoms with Crippen molar-refractivity contribution in [2.75, 3.05) is 11.1 Å². The van der Waals surface area contributed by atoms with Gasteiger partial charge in [-0.25, -0.2) is 0 Å². The van der Waals surface area contributed by atoms with Gasteiger partial charge in [0.05, 0.1) is 11.2 Å². The van der Waals surface area contributed by atoms with Gasteiger partial charge in [-0.3, -0.25) is 4.98 Å². The van der Waals surface area contributed by atoms with E-state index in [1.807, 2.05) is 48.5 Å². The molecule has 3 rings (SSSR count). The van der Waals surface area contributed by atoms with Gasteiger partial charge in [0.15, 0.2) is 0 Å². The largest absolute Gasteiger partial charge is 0.397 e. The van der Waals surface area contributed by atoms with E-state index in [9.17, 15) is 0 Å². The molecule has 0 spiro atoms. The summed E-state index contributed by atoms with van der Waals surface area (Å²) in [5.41, 5.74) is 9.48. The van der Waals surface area contributed by atoms with Gasteiger partial charge in [-0.1, -0.05) is 15.9 Å². The number of pyridine rings is 1. The molecule has 1 heterocycles. The minimum atomic E-state index is 0.692. The molecule has 0 saturated heterocycles. The number of nitrogens with one attached hydrogen (secondary N) is 1. The fourth-order valence-electron chi connectivity index (χ4n) is 1.99. The van der Waals surface area contributed by atoms with E-state index in [0.717, 1.165) is 26.8 Å². The van der Waals surface area contributed by atoms with Crippen LogP contribution in [0.1, 0.15) is 0 Å². The van der Waals surface area contributed by atoms with Gasteiger partial charge in [-0.2, -0.15) is 0 Å². The van der Waals surface area contributed by atoms with Crippen LogP contribution >= 0.6 is 15.9 Å². The zero-order valence-corrected chi connectivity index (χ0v) is 11.7. The SMILES string of the molecule is Nc1ccc(Nc2ccc(Br)cc2)c2cccnc12. The monoisotopic (exact) mass is 313 g/mol. The zero-order chi connectivity index (χ0) is 13.2. The number of hydrogen-bond acceptors (Lipinski definition) is 3. The van der Waals surface area contributed by atoms with Crippen molar-refractivity contribution in [2.45, 2.75) is 0 Å². The third-order valence-corrected chi connectivity index (χ3v) is 3.45. The third kappa shape index (κ3) is 2.39. The second-order valence-corrected chi connectivity index (χ2v) is 5.15. The fraction of sp³-hybridized carbons (Fsp3) is 0. The second kappa shape index (κ2) is 4.90. The quantitative estimate of drug-likeness (QED) is 0.693. The third-order valence-electron chi connectivity index (χ3n) is 2.92. The molecule has 3 nitrogen and oxygen atoms in total. The van der Waals surface area contributed by atoms with E-state index in [2.05, 4.69) is 26.2 Å². The van der Waals surface area contributed by atoms with Gasteiger partial charge in [-0.15, -0.1) is 0 Å². The van der Waals surface area contributed by atoms with Crippen LogP contribution in [0.5, 0.6) is 0 Å². The van der Waals surface area contributed by atoms with Crippen molar-refractivity contribution in [1.82, 2.24) is 4.98 Å². The summed E-state index contributed by atoms with van der Waals surface area (Å²) in [5, 5.41) is 4.40. The molecular weight excluding hydrogens is 302 g/mol. The highest BCUT2D eigenvalue weighted by Gasteiger charge is 2.04. The summed E-state index contributed by atoms with van der Waals surface area (Å²) in [6.45, 7) is 0. The summed E-state index contributed by atoms with van der Waals surface area (Å²) < 4.78 is 1.06. The van der Waals surface area contributed by atoms with Gasteiger partial charge in [0, 0.05) is 27.4 Å². The smallest absolute Gasteiger partial charge is 0.0951 e. The highest BCUT2D eigenvalue weighted by molar-refractivity contribution is 9.10. The van der Waals surface area contributed by atoms with Crippen LogP contribution in [0.15, 0.2) is 59.2 Å². The first-order valence-corrected chi connectivity index (χ1v) is 6.69. The van der Waals surface area contributed by atoms with Crippen molar-refractivity contribution in [1.29, 1.82) is 0 Å². The van der Waals surface area contributed by atoms with Crippen LogP contribution in [0, 0.1) is 0 Å². The van der Waals surface area contributed by atoms with E-state index < -0.39 is 0 Å². The van der Waals surface area contributed by atoms with Crippen molar-refractivity contribution in [3.8, 4) is 0 Å². The number of anilines is 3. The first kappa shape index (κ1) is 12.0. The Morgan fingerprint density at radius 2 is 1.79 bits per heavy atom. The van der Waals surface area contributed by atoms with Crippen LogP contribution in [0.3, 0.4) is 0 Å². The number of nitrogens with two attached hydrogens (primary N) is 1. The number of nitrogen functional groups attached to an aromatic ring is 1. The number of halogens is 1. The Morgan fingerprint density at radius 1 is 1.00 bits per heavy atom. The fourth-order valence-corrected chi connectivity index (χ4v) is 2.26. The van der Waals surface area contributed by atoms with Gasteiger partial charge in [0.25, 0.3) is 0 Å². The molecule has 3 N–H and O–H groups in total. The summed E-state index contributed by atoms with van der Waals surface area (Å²) in [4.78, 5) is 4.32. The zero-order valence-electron chi connectivity index (χ0n) is 10.1. The summed E-state index contributed by atoms with van der Waals surface area (Å²) >= 11 is 3.43. The van der Waals surface area contributed by atoms with Crippen LogP contribution in [0.25, 0.3) is 10.9 Å². The lowest BCUT2D eigenvalue weighted by Crippen LogP contribution is -1.95. The maximum atomic E-state index is 5.94. The normalized spacial score (nSPS) is 10.6. The van der Waals surface area contributed by atoms with Crippen LogP contribution < -0.4 is 11.1 Å². The second-order valence-electron chi connectivity index (χ2n) is 4.23. The number of benzene rings is 2. The lowest BCUT2D eigenvalue weighted by molar-refractivity contribution is 1.41. The molecule has 0 bridgehead atoms. The van der Waals surface area contributed by atoms with Gasteiger partial charge in [0.1, 0.15) is 0 Å². The van der Waals surface area contributed by atoms with Crippen molar-refractivity contribution in [2.24, 2.45) is 0 Å². The highest BCUT2D eigenvalue weighted by atomic mass is 79.9. The molecular formula is C15H12BrN3. The van der Waals surface area contributed by atoms with Crippen molar-refractivity contribution < 1.29 is 0 Å². The molecule has 2 aromatic carbocycles. The Hall–Kier alpha value is -2.07. The molecule has 0 amide bonds. The van der Waals surface area contributed by atoms with Gasteiger partial charge in [-0.05, 0) is 48.5 Å². The molecule has 19 heavy (non-hydrogen) atoms. The molecule has 94 valence electrons. The molecule has 1 aromatic heterocycles. The predicted molar refractivity (Wildman–Crippen MR) is 83.6 cm³/mol. The van der Waals surface area contributed by atoms with E-state index in [-0.39, 0.29) is 0 Å². The Kier molecular flexibility index (Phi) is 3.09. The Morgan fingerprint density at radius 3 is 2.58 bits per heavy atom. The molecule has 0 atom stereocenters. The molecule has 0 saturated carbocycles. The maximum Gasteiger partial charge on any atom is 0.0951 e. The van der Waals surface area contributed by atoms with E-state index >= 15 is 0 Å². The standard InChI is InChI=1S/C15H12BrN3/c16-10-3-5-11(6-4-10)19-14-8-7-13(17)15-12(14)2-1-9-18-15/h1-9,19H,17H2. The van der Waals surface area contributed by atoms with Gasteiger partial charge >= 0.3 is 0 Å². The summed E-state index contributed by atoms with van der Waals surface area (Å²) in [7, 11) is 0. The minimum Gasteiger partial charge on any atom is -0.397 e. The Balaban J connectivity index is 2.06. The van der Waals surface area contributed by atoms with Crippen LogP contribution in [-0.2, 0) is 0 Å². The molecule has 0 aliphatic heterocycles. The van der Waals surface area contributed by atoms with Crippen molar-refractivity contribution in [3.63, 3.8) is 0 Å². The minimum absolute atomic E-state index is 0.692. The van der Waals surface area contributed by atoms with Crippen LogP contribution in [-0.4, -0.2) is 4.98 Å². The average molecular weight is 314 g/mol. The number of aromatic nitrogens is 1. The van der Waals surface area contributed by atoms with Crippen LogP contribution in [0.4, 0.5) is 17.1 Å². The summed E-state index contributed by atoms with van der Waals surface area (Å²) in [6, 6.07) is 15.8.